The molecule has 0 bridgehead atoms. The number of nitrogens with one attached hydrogen (secondary N) is 3. The Morgan fingerprint density at radius 1 is 1.11 bits per heavy atom. The monoisotopic (exact) mass is 394 g/mol. The summed E-state index contributed by atoms with van der Waals surface area (Å²) in [5.74, 6) is 0.865. The molecule has 160 valence electrons. The molecule has 0 aromatic carbocycles. The van der Waals surface area contributed by atoms with E-state index in [1.807, 2.05) is 13.8 Å². The molecule has 28 heavy (non-hydrogen) atoms. The van der Waals surface area contributed by atoms with Crippen LogP contribution < -0.4 is 16.0 Å². The van der Waals surface area contributed by atoms with E-state index in [0.29, 0.717) is 13.0 Å². The second-order valence-electron chi connectivity index (χ2n) is 8.37. The lowest BCUT2D eigenvalue weighted by Crippen LogP contribution is -2.47. The van der Waals surface area contributed by atoms with Gasteiger partial charge in [0.25, 0.3) is 0 Å². The van der Waals surface area contributed by atoms with Crippen molar-refractivity contribution < 1.29 is 14.3 Å². The van der Waals surface area contributed by atoms with Crippen LogP contribution in [0.2, 0.25) is 0 Å². The van der Waals surface area contributed by atoms with Crippen LogP contribution >= 0.6 is 0 Å². The minimum absolute atomic E-state index is 0.0668. The van der Waals surface area contributed by atoms with E-state index in [0.717, 1.165) is 50.9 Å². The lowest BCUT2D eigenvalue weighted by Gasteiger charge is -2.30. The number of aliphatic imine (C=N–C) groups is 1. The van der Waals surface area contributed by atoms with Gasteiger partial charge in [-0.25, -0.2) is 0 Å². The molecule has 2 unspecified atom stereocenters. The van der Waals surface area contributed by atoms with Gasteiger partial charge in [-0.1, -0.05) is 6.42 Å². The number of hydrogen-bond acceptors (Lipinski definition) is 4. The van der Waals surface area contributed by atoms with E-state index in [1.54, 1.807) is 7.05 Å². The van der Waals surface area contributed by atoms with E-state index in [-0.39, 0.29) is 36.0 Å². The molecule has 2 saturated carbocycles. The van der Waals surface area contributed by atoms with Crippen molar-refractivity contribution in [1.82, 2.24) is 16.0 Å². The van der Waals surface area contributed by atoms with Crippen molar-refractivity contribution >= 4 is 17.8 Å². The van der Waals surface area contributed by atoms with Crippen LogP contribution in [0, 0.1) is 5.92 Å². The molecule has 7 heteroatoms. The van der Waals surface area contributed by atoms with Crippen molar-refractivity contribution in [2.45, 2.75) is 96.2 Å². The van der Waals surface area contributed by atoms with E-state index in [2.05, 4.69) is 20.9 Å². The Kier molecular flexibility index (Phi) is 9.58. The van der Waals surface area contributed by atoms with Gasteiger partial charge >= 0.3 is 5.97 Å². The summed E-state index contributed by atoms with van der Waals surface area (Å²) in [5.41, 5.74) is 0. The first-order chi connectivity index (χ1) is 13.5. The van der Waals surface area contributed by atoms with E-state index >= 15 is 0 Å². The Morgan fingerprint density at radius 2 is 1.86 bits per heavy atom. The number of carbonyl (C=O) groups excluding carboxylic acids is 2. The Morgan fingerprint density at radius 3 is 2.54 bits per heavy atom. The van der Waals surface area contributed by atoms with Crippen LogP contribution in [0.4, 0.5) is 0 Å². The summed E-state index contributed by atoms with van der Waals surface area (Å²) in [6.07, 6.45) is 9.51. The van der Waals surface area contributed by atoms with Crippen molar-refractivity contribution in [3.8, 4) is 0 Å². The van der Waals surface area contributed by atoms with E-state index in [1.165, 1.54) is 12.8 Å². The van der Waals surface area contributed by atoms with Crippen molar-refractivity contribution in [2.75, 3.05) is 13.6 Å². The maximum atomic E-state index is 12.3. The fraction of sp³-hybridized carbons (Fsp3) is 0.857. The zero-order valence-electron chi connectivity index (χ0n) is 17.8. The third-order valence-electron chi connectivity index (χ3n) is 5.49. The van der Waals surface area contributed by atoms with Crippen molar-refractivity contribution in [3.63, 3.8) is 0 Å². The van der Waals surface area contributed by atoms with Gasteiger partial charge in [0.05, 0.1) is 0 Å². The molecule has 0 spiro atoms. The lowest BCUT2D eigenvalue weighted by atomic mass is 9.85. The summed E-state index contributed by atoms with van der Waals surface area (Å²) in [7, 11) is 1.75. The first kappa shape index (κ1) is 22.5. The summed E-state index contributed by atoms with van der Waals surface area (Å²) in [6.45, 7) is 4.65. The molecule has 2 rings (SSSR count). The van der Waals surface area contributed by atoms with Crippen molar-refractivity contribution in [3.05, 3.63) is 0 Å². The molecule has 0 aliphatic heterocycles. The summed E-state index contributed by atoms with van der Waals surface area (Å²) in [4.78, 5) is 28.4. The molecule has 7 nitrogen and oxygen atoms in total. The van der Waals surface area contributed by atoms with Gasteiger partial charge in [0.15, 0.2) is 5.96 Å². The average molecular weight is 395 g/mol. The molecule has 2 fully saturated rings. The minimum Gasteiger partial charge on any atom is -0.462 e. The molecule has 0 saturated heterocycles. The maximum absolute atomic E-state index is 12.3. The van der Waals surface area contributed by atoms with Crippen molar-refractivity contribution in [2.24, 2.45) is 10.9 Å². The van der Waals surface area contributed by atoms with Crippen LogP contribution in [-0.4, -0.2) is 49.6 Å². The van der Waals surface area contributed by atoms with Gasteiger partial charge in [-0.2, -0.15) is 0 Å². The minimum atomic E-state index is -0.0945. The summed E-state index contributed by atoms with van der Waals surface area (Å²) in [5, 5.41) is 9.73. The van der Waals surface area contributed by atoms with Gasteiger partial charge in [-0.15, -0.1) is 0 Å². The number of rotatable bonds is 8. The largest absolute Gasteiger partial charge is 0.462 e. The van der Waals surface area contributed by atoms with E-state index in [4.69, 9.17) is 4.74 Å². The molecule has 2 atom stereocenters. The number of ether oxygens (including phenoxy) is 1. The number of esters is 1. The first-order valence-corrected chi connectivity index (χ1v) is 10.9. The highest BCUT2D eigenvalue weighted by Crippen LogP contribution is 2.24. The summed E-state index contributed by atoms with van der Waals surface area (Å²) < 4.78 is 5.48. The molecule has 0 heterocycles. The second kappa shape index (κ2) is 11.9. The molecule has 2 aliphatic rings. The Hall–Kier alpha value is -1.79. The predicted octanol–water partition coefficient (Wildman–Crippen LogP) is 2.50. The number of carbonyl (C=O) groups is 2. The quantitative estimate of drug-likeness (QED) is 0.255. The predicted molar refractivity (Wildman–Crippen MR) is 111 cm³/mol. The standard InChI is InChI=1S/C21H38N4O3/c1-15(2)24-20(27)16-8-6-9-17(14-16)25-21(22-3)23-13-7-12-19(26)28-18-10-4-5-11-18/h15-18H,4-14H2,1-3H3,(H,24,27)(H2,22,23,25). The maximum Gasteiger partial charge on any atom is 0.306 e. The third kappa shape index (κ3) is 8.07. The second-order valence-corrected chi connectivity index (χ2v) is 8.37. The summed E-state index contributed by atoms with van der Waals surface area (Å²) >= 11 is 0. The van der Waals surface area contributed by atoms with Crippen LogP contribution in [0.25, 0.3) is 0 Å². The van der Waals surface area contributed by atoms with Crippen LogP contribution in [0.5, 0.6) is 0 Å². The zero-order valence-corrected chi connectivity index (χ0v) is 17.8. The Balaban J connectivity index is 1.64. The first-order valence-electron chi connectivity index (χ1n) is 10.9. The van der Waals surface area contributed by atoms with E-state index < -0.39 is 0 Å². The van der Waals surface area contributed by atoms with Crippen molar-refractivity contribution in [1.29, 1.82) is 0 Å². The molecule has 0 aromatic heterocycles. The molecule has 2 aliphatic carbocycles. The summed E-state index contributed by atoms with van der Waals surface area (Å²) in [6, 6.07) is 0.422. The van der Waals surface area contributed by atoms with Gasteiger partial charge in [0, 0.05) is 38.0 Å². The molecule has 0 radical (unpaired) electrons. The van der Waals surface area contributed by atoms with Gasteiger partial charge in [0.2, 0.25) is 5.91 Å². The molecular weight excluding hydrogens is 356 g/mol. The topological polar surface area (TPSA) is 91.8 Å². The number of guanidine groups is 1. The highest BCUT2D eigenvalue weighted by atomic mass is 16.5. The van der Waals surface area contributed by atoms with Crippen LogP contribution in [-0.2, 0) is 14.3 Å². The number of hydrogen-bond donors (Lipinski definition) is 3. The van der Waals surface area contributed by atoms with Crippen LogP contribution in [0.15, 0.2) is 4.99 Å². The normalized spacial score (nSPS) is 23.5. The fourth-order valence-corrected chi connectivity index (χ4v) is 4.04. The molecule has 0 aromatic rings. The van der Waals surface area contributed by atoms with E-state index in [9.17, 15) is 9.59 Å². The Bertz CT molecular complexity index is 530. The lowest BCUT2D eigenvalue weighted by molar-refractivity contribution is -0.148. The smallest absolute Gasteiger partial charge is 0.306 e. The highest BCUT2D eigenvalue weighted by Gasteiger charge is 2.28. The van der Waals surface area contributed by atoms with Gasteiger partial charge in [-0.3, -0.25) is 14.6 Å². The van der Waals surface area contributed by atoms with Crippen LogP contribution in [0.3, 0.4) is 0 Å². The van der Waals surface area contributed by atoms with Gasteiger partial charge in [0.1, 0.15) is 6.10 Å². The fourth-order valence-electron chi connectivity index (χ4n) is 4.04. The Labute approximate surface area is 169 Å². The highest BCUT2D eigenvalue weighted by molar-refractivity contribution is 5.81. The SMILES string of the molecule is CN=C(NCCCC(=O)OC1CCCC1)NC1CCCC(C(=O)NC(C)C)C1. The molecular formula is C21H38N4O3. The average Bonchev–Trinajstić information content (AvgIpc) is 3.16. The zero-order chi connectivity index (χ0) is 20.4. The number of nitrogens with zero attached hydrogens (tertiary/aromatic N) is 1. The molecule has 1 amide bonds. The van der Waals surface area contributed by atoms with Gasteiger partial charge in [-0.05, 0) is 65.2 Å². The molecule has 3 N–H and O–H groups in total. The van der Waals surface area contributed by atoms with Gasteiger partial charge < -0.3 is 20.7 Å². The van der Waals surface area contributed by atoms with Crippen LogP contribution in [0.1, 0.15) is 78.1 Å². The third-order valence-corrected chi connectivity index (χ3v) is 5.49. The number of amides is 1.